The molecular weight excluding hydrogens is 363 g/mol. The van der Waals surface area contributed by atoms with Gasteiger partial charge >= 0.3 is 6.18 Å². The van der Waals surface area contributed by atoms with Crippen molar-refractivity contribution in [2.45, 2.75) is 83.4 Å². The van der Waals surface area contributed by atoms with Gasteiger partial charge in [0, 0.05) is 18.6 Å². The molecule has 0 atom stereocenters. The van der Waals surface area contributed by atoms with Gasteiger partial charge in [0.15, 0.2) is 0 Å². The molecule has 5 heteroatoms. The third kappa shape index (κ3) is 6.00. The van der Waals surface area contributed by atoms with Gasteiger partial charge in [0.2, 0.25) is 0 Å². The lowest BCUT2D eigenvalue weighted by molar-refractivity contribution is -0.0973. The minimum Gasteiger partial charge on any atom is -0.381 e. The normalized spacial score (nSPS) is 26.5. The number of alkyl halides is 3. The van der Waals surface area contributed by atoms with Crippen molar-refractivity contribution >= 4 is 0 Å². The molecular formula is C23H36F3NO. The maximum atomic E-state index is 12.8. The number of hydrogen-bond acceptors (Lipinski definition) is 2. The molecule has 0 bridgehead atoms. The highest BCUT2D eigenvalue weighted by Gasteiger charge is 2.46. The number of halogens is 3. The molecule has 1 saturated carbocycles. The summed E-state index contributed by atoms with van der Waals surface area (Å²) in [5.41, 5.74) is -0.109. The molecule has 1 N–H and O–H groups in total. The van der Waals surface area contributed by atoms with Gasteiger partial charge in [-0.15, -0.1) is 0 Å². The van der Waals surface area contributed by atoms with Crippen LogP contribution in [0.1, 0.15) is 71.8 Å². The SMILES string of the molecule is C=C(NCC1(c2ccccc2)CCC2(CCCO2)CC1)C(F)(F)F.CC.CC. The van der Waals surface area contributed by atoms with Gasteiger partial charge in [-0.25, -0.2) is 0 Å². The number of ether oxygens (including phenoxy) is 1. The van der Waals surface area contributed by atoms with Crippen LogP contribution in [0.5, 0.6) is 0 Å². The largest absolute Gasteiger partial charge is 0.430 e. The van der Waals surface area contributed by atoms with Crippen molar-refractivity contribution in [1.29, 1.82) is 0 Å². The lowest BCUT2D eigenvalue weighted by atomic mass is 9.64. The van der Waals surface area contributed by atoms with Crippen molar-refractivity contribution in [3.8, 4) is 0 Å². The molecule has 160 valence electrons. The monoisotopic (exact) mass is 399 g/mol. The zero-order valence-electron chi connectivity index (χ0n) is 17.8. The number of nitrogens with one attached hydrogen (secondary N) is 1. The van der Waals surface area contributed by atoms with E-state index in [-0.39, 0.29) is 17.6 Å². The van der Waals surface area contributed by atoms with E-state index in [9.17, 15) is 13.2 Å². The molecule has 0 radical (unpaired) electrons. The molecule has 1 spiro atoms. The predicted molar refractivity (Wildman–Crippen MR) is 110 cm³/mol. The molecule has 1 saturated heterocycles. The highest BCUT2D eigenvalue weighted by atomic mass is 19.4. The number of hydrogen-bond donors (Lipinski definition) is 1. The second-order valence-electron chi connectivity index (χ2n) is 7.11. The first-order valence-corrected chi connectivity index (χ1v) is 10.5. The molecule has 0 unspecified atom stereocenters. The molecule has 3 rings (SSSR count). The van der Waals surface area contributed by atoms with Crippen LogP contribution in [0.2, 0.25) is 0 Å². The van der Waals surface area contributed by atoms with Crippen LogP contribution >= 0.6 is 0 Å². The van der Waals surface area contributed by atoms with Gasteiger partial charge in [0.1, 0.15) is 5.70 Å². The molecule has 28 heavy (non-hydrogen) atoms. The van der Waals surface area contributed by atoms with Crippen LogP contribution in [0.3, 0.4) is 0 Å². The zero-order chi connectivity index (χ0) is 21.3. The quantitative estimate of drug-likeness (QED) is 0.603. The minimum atomic E-state index is -4.40. The molecule has 0 amide bonds. The Hall–Kier alpha value is -1.49. The highest BCUT2D eigenvalue weighted by molar-refractivity contribution is 5.28. The molecule has 2 nitrogen and oxygen atoms in total. The molecule has 1 aromatic carbocycles. The Morgan fingerprint density at radius 1 is 1.00 bits per heavy atom. The molecule has 2 aliphatic rings. The summed E-state index contributed by atoms with van der Waals surface area (Å²) >= 11 is 0. The number of rotatable bonds is 4. The van der Waals surface area contributed by atoms with Crippen LogP contribution in [-0.2, 0) is 10.2 Å². The second kappa shape index (κ2) is 10.9. The Morgan fingerprint density at radius 3 is 2.04 bits per heavy atom. The lowest BCUT2D eigenvalue weighted by Gasteiger charge is -2.45. The van der Waals surface area contributed by atoms with E-state index in [4.69, 9.17) is 4.74 Å². The fourth-order valence-electron chi connectivity index (χ4n) is 4.07. The maximum Gasteiger partial charge on any atom is 0.430 e. The highest BCUT2D eigenvalue weighted by Crippen LogP contribution is 2.48. The van der Waals surface area contributed by atoms with Crippen molar-refractivity contribution in [2.75, 3.05) is 13.2 Å². The van der Waals surface area contributed by atoms with Crippen LogP contribution in [-0.4, -0.2) is 24.9 Å². The summed E-state index contributed by atoms with van der Waals surface area (Å²) in [5, 5.41) is 2.55. The first-order valence-electron chi connectivity index (χ1n) is 10.5. The van der Waals surface area contributed by atoms with Crippen LogP contribution in [0, 0.1) is 0 Å². The van der Waals surface area contributed by atoms with E-state index in [1.54, 1.807) is 0 Å². The first kappa shape index (κ1) is 24.5. The van der Waals surface area contributed by atoms with Gasteiger partial charge < -0.3 is 10.1 Å². The van der Waals surface area contributed by atoms with Crippen LogP contribution in [0.25, 0.3) is 0 Å². The van der Waals surface area contributed by atoms with E-state index in [0.717, 1.165) is 50.7 Å². The molecule has 1 heterocycles. The van der Waals surface area contributed by atoms with E-state index in [1.807, 2.05) is 58.0 Å². The molecule has 1 aliphatic carbocycles. The van der Waals surface area contributed by atoms with Crippen LogP contribution < -0.4 is 5.32 Å². The standard InChI is InChI=1S/C19H24F3NO.2C2H6/c1-15(19(20,21)22)23-14-17(16-6-3-2-4-7-16)9-11-18(12-10-17)8-5-13-24-18;2*1-2/h2-4,6-7,23H,1,5,8-14H2;2*1-2H3. The van der Waals surface area contributed by atoms with E-state index < -0.39 is 11.9 Å². The smallest absolute Gasteiger partial charge is 0.381 e. The van der Waals surface area contributed by atoms with Crippen molar-refractivity contribution < 1.29 is 17.9 Å². The maximum absolute atomic E-state index is 12.8. The van der Waals surface area contributed by atoms with E-state index in [2.05, 4.69) is 11.9 Å². The molecule has 1 aromatic rings. The van der Waals surface area contributed by atoms with E-state index >= 15 is 0 Å². The minimum absolute atomic E-state index is 0.0423. The van der Waals surface area contributed by atoms with Crippen LogP contribution in [0.15, 0.2) is 42.6 Å². The lowest BCUT2D eigenvalue weighted by Crippen LogP contribution is -2.47. The van der Waals surface area contributed by atoms with Crippen molar-refractivity contribution in [3.05, 3.63) is 48.2 Å². The van der Waals surface area contributed by atoms with Crippen molar-refractivity contribution in [3.63, 3.8) is 0 Å². The third-order valence-corrected chi connectivity index (χ3v) is 5.67. The van der Waals surface area contributed by atoms with Gasteiger partial charge in [-0.3, -0.25) is 0 Å². The fraction of sp³-hybridized carbons (Fsp3) is 0.652. The topological polar surface area (TPSA) is 21.3 Å². The summed E-state index contributed by atoms with van der Waals surface area (Å²) in [6.07, 6.45) is 1.22. The first-order chi connectivity index (χ1) is 13.4. The Kier molecular flexibility index (Phi) is 9.55. The average Bonchev–Trinajstić information content (AvgIpc) is 3.19. The summed E-state index contributed by atoms with van der Waals surface area (Å²) in [6, 6.07) is 9.87. The summed E-state index contributed by atoms with van der Waals surface area (Å²) in [6.45, 7) is 12.2. The summed E-state index contributed by atoms with van der Waals surface area (Å²) in [4.78, 5) is 0. The average molecular weight is 400 g/mol. The van der Waals surface area contributed by atoms with E-state index in [0.29, 0.717) is 0 Å². The number of benzene rings is 1. The summed E-state index contributed by atoms with van der Waals surface area (Å²) in [7, 11) is 0. The fourth-order valence-corrected chi connectivity index (χ4v) is 4.07. The van der Waals surface area contributed by atoms with Crippen molar-refractivity contribution in [2.24, 2.45) is 0 Å². The molecule has 1 aliphatic heterocycles. The third-order valence-electron chi connectivity index (χ3n) is 5.67. The Balaban J connectivity index is 0.000000921. The van der Waals surface area contributed by atoms with Gasteiger partial charge in [0.25, 0.3) is 0 Å². The van der Waals surface area contributed by atoms with Gasteiger partial charge in [0.05, 0.1) is 5.60 Å². The molecule has 0 aromatic heterocycles. The van der Waals surface area contributed by atoms with Crippen molar-refractivity contribution in [1.82, 2.24) is 5.32 Å². The predicted octanol–water partition coefficient (Wildman–Crippen LogP) is 6.77. The van der Waals surface area contributed by atoms with Gasteiger partial charge in [-0.2, -0.15) is 13.2 Å². The number of allylic oxidation sites excluding steroid dienone is 1. The van der Waals surface area contributed by atoms with Gasteiger partial charge in [-0.05, 0) is 44.1 Å². The summed E-state index contributed by atoms with van der Waals surface area (Å²) < 4.78 is 44.3. The Labute approximate surface area is 168 Å². The Bertz CT molecular complexity index is 567. The second-order valence-corrected chi connectivity index (χ2v) is 7.11. The summed E-state index contributed by atoms with van der Waals surface area (Å²) in [5.74, 6) is 0. The zero-order valence-corrected chi connectivity index (χ0v) is 17.8. The van der Waals surface area contributed by atoms with E-state index in [1.165, 1.54) is 0 Å². The van der Waals surface area contributed by atoms with Gasteiger partial charge in [-0.1, -0.05) is 64.6 Å². The Morgan fingerprint density at radius 2 is 1.57 bits per heavy atom. The molecule has 2 fully saturated rings. The van der Waals surface area contributed by atoms with Crippen LogP contribution in [0.4, 0.5) is 13.2 Å².